The Hall–Kier alpha value is -1.12. The lowest BCUT2D eigenvalue weighted by molar-refractivity contribution is 0.0719. The van der Waals surface area contributed by atoms with E-state index in [1.54, 1.807) is 0 Å². The predicted octanol–water partition coefficient (Wildman–Crippen LogP) is 4.87. The third-order valence-corrected chi connectivity index (χ3v) is 5.51. The highest BCUT2D eigenvalue weighted by atomic mass is 79.9. The van der Waals surface area contributed by atoms with Gasteiger partial charge in [0.15, 0.2) is 0 Å². The van der Waals surface area contributed by atoms with E-state index in [9.17, 15) is 0 Å². The predicted molar refractivity (Wildman–Crippen MR) is 91.0 cm³/mol. The van der Waals surface area contributed by atoms with Crippen molar-refractivity contribution >= 4 is 15.9 Å². The molecule has 0 bridgehead atoms. The second-order valence-corrected chi connectivity index (χ2v) is 6.46. The van der Waals surface area contributed by atoms with E-state index in [-0.39, 0.29) is 5.41 Å². The molecule has 2 aromatic rings. The monoisotopic (exact) mass is 344 g/mol. The summed E-state index contributed by atoms with van der Waals surface area (Å²) in [5, 5.41) is 0.964. The van der Waals surface area contributed by atoms with Gasteiger partial charge in [-0.25, -0.2) is 0 Å². The fourth-order valence-electron chi connectivity index (χ4n) is 3.27. The molecule has 0 aromatic heterocycles. The van der Waals surface area contributed by atoms with Crippen molar-refractivity contribution in [3.8, 4) is 0 Å². The number of benzene rings is 2. The first kappa shape index (κ1) is 14.8. The Morgan fingerprint density at radius 1 is 1.00 bits per heavy atom. The molecule has 1 aliphatic rings. The molecule has 1 unspecified atom stereocenters. The second kappa shape index (κ2) is 6.76. The zero-order valence-corrected chi connectivity index (χ0v) is 13.8. The third kappa shape index (κ3) is 3.22. The Bertz CT molecular complexity index is 581. The van der Waals surface area contributed by atoms with Crippen LogP contribution in [0, 0.1) is 0 Å². The number of ether oxygens (including phenoxy) is 1. The molecule has 0 N–H and O–H groups in total. The Morgan fingerprint density at radius 3 is 2.57 bits per heavy atom. The molecule has 2 heteroatoms. The van der Waals surface area contributed by atoms with Gasteiger partial charge >= 0.3 is 0 Å². The van der Waals surface area contributed by atoms with Gasteiger partial charge in [-0.3, -0.25) is 0 Å². The number of fused-ring (bicyclic) bond motifs is 1. The fourth-order valence-corrected chi connectivity index (χ4v) is 4.02. The number of halogens is 1. The smallest absolute Gasteiger partial charge is 0.0717 e. The number of hydrogen-bond donors (Lipinski definition) is 0. The molecule has 0 spiro atoms. The lowest BCUT2D eigenvalue weighted by Gasteiger charge is -2.37. The van der Waals surface area contributed by atoms with E-state index < -0.39 is 0 Å². The van der Waals surface area contributed by atoms with Crippen LogP contribution in [-0.2, 0) is 23.2 Å². The maximum atomic E-state index is 6.08. The molecular formula is C19H21BrO. The van der Waals surface area contributed by atoms with Crippen molar-refractivity contribution in [2.75, 3.05) is 11.9 Å². The van der Waals surface area contributed by atoms with Crippen LogP contribution in [0.25, 0.3) is 0 Å². The summed E-state index contributed by atoms with van der Waals surface area (Å²) in [5.74, 6) is 0. The van der Waals surface area contributed by atoms with Crippen LogP contribution < -0.4 is 0 Å². The fraction of sp³-hybridized carbons (Fsp3) is 0.368. The van der Waals surface area contributed by atoms with Crippen LogP contribution in [0.1, 0.15) is 29.5 Å². The van der Waals surface area contributed by atoms with Crippen LogP contribution in [0.5, 0.6) is 0 Å². The Kier molecular flexibility index (Phi) is 4.77. The highest BCUT2D eigenvalue weighted by molar-refractivity contribution is 9.09. The van der Waals surface area contributed by atoms with Crippen molar-refractivity contribution in [2.24, 2.45) is 0 Å². The lowest BCUT2D eigenvalue weighted by Crippen LogP contribution is -2.37. The Labute approximate surface area is 135 Å². The van der Waals surface area contributed by atoms with Gasteiger partial charge in [0.25, 0.3) is 0 Å². The van der Waals surface area contributed by atoms with Gasteiger partial charge in [-0.15, -0.1) is 0 Å². The largest absolute Gasteiger partial charge is 0.376 e. The summed E-state index contributed by atoms with van der Waals surface area (Å²) >= 11 is 3.74. The molecule has 0 aliphatic heterocycles. The second-order valence-electron chi connectivity index (χ2n) is 5.90. The molecule has 110 valence electrons. The van der Waals surface area contributed by atoms with Gasteiger partial charge in [0.2, 0.25) is 0 Å². The highest BCUT2D eigenvalue weighted by Crippen LogP contribution is 2.39. The van der Waals surface area contributed by atoms with Gasteiger partial charge in [0.05, 0.1) is 13.2 Å². The normalized spacial score (nSPS) is 21.0. The van der Waals surface area contributed by atoms with Crippen molar-refractivity contribution in [3.05, 3.63) is 71.3 Å². The number of rotatable bonds is 5. The van der Waals surface area contributed by atoms with Gasteiger partial charge in [0, 0.05) is 10.7 Å². The van der Waals surface area contributed by atoms with E-state index in [0.717, 1.165) is 11.9 Å². The van der Waals surface area contributed by atoms with Crippen molar-refractivity contribution in [2.45, 2.75) is 31.3 Å². The molecular weight excluding hydrogens is 324 g/mol. The summed E-state index contributed by atoms with van der Waals surface area (Å²) in [6, 6.07) is 19.3. The molecule has 0 amide bonds. The highest BCUT2D eigenvalue weighted by Gasteiger charge is 2.35. The van der Waals surface area contributed by atoms with Crippen LogP contribution in [-0.4, -0.2) is 11.9 Å². The van der Waals surface area contributed by atoms with E-state index in [2.05, 4.69) is 64.5 Å². The average molecular weight is 345 g/mol. The minimum absolute atomic E-state index is 0.129. The Morgan fingerprint density at radius 2 is 1.76 bits per heavy atom. The zero-order chi connectivity index (χ0) is 14.5. The SMILES string of the molecule is BrCC1(COCc2ccccc2)CCCc2ccccc21. The zero-order valence-electron chi connectivity index (χ0n) is 12.2. The molecule has 2 aromatic carbocycles. The molecule has 0 heterocycles. The summed E-state index contributed by atoms with van der Waals surface area (Å²) in [6.45, 7) is 1.47. The first-order valence-corrected chi connectivity index (χ1v) is 8.72. The minimum Gasteiger partial charge on any atom is -0.376 e. The summed E-state index contributed by atoms with van der Waals surface area (Å²) in [4.78, 5) is 0. The topological polar surface area (TPSA) is 9.23 Å². The quantitative estimate of drug-likeness (QED) is 0.703. The molecule has 0 fully saturated rings. The van der Waals surface area contributed by atoms with Crippen LogP contribution in [0.2, 0.25) is 0 Å². The first-order chi connectivity index (χ1) is 10.3. The molecule has 0 saturated carbocycles. The van der Waals surface area contributed by atoms with E-state index >= 15 is 0 Å². The van der Waals surface area contributed by atoms with Gasteiger partial charge in [-0.2, -0.15) is 0 Å². The number of hydrogen-bond acceptors (Lipinski definition) is 1. The van der Waals surface area contributed by atoms with E-state index in [4.69, 9.17) is 4.74 Å². The van der Waals surface area contributed by atoms with Gasteiger partial charge in [0.1, 0.15) is 0 Å². The van der Waals surface area contributed by atoms with Crippen molar-refractivity contribution in [1.82, 2.24) is 0 Å². The van der Waals surface area contributed by atoms with Crippen molar-refractivity contribution < 1.29 is 4.74 Å². The summed E-state index contributed by atoms with van der Waals surface area (Å²) in [7, 11) is 0. The lowest BCUT2D eigenvalue weighted by atomic mass is 9.72. The Balaban J connectivity index is 1.73. The van der Waals surface area contributed by atoms with Gasteiger partial charge in [-0.1, -0.05) is 70.5 Å². The summed E-state index contributed by atoms with van der Waals surface area (Å²) in [6.07, 6.45) is 3.64. The number of aryl methyl sites for hydroxylation is 1. The van der Waals surface area contributed by atoms with Gasteiger partial charge in [-0.05, 0) is 36.0 Å². The number of alkyl halides is 1. The van der Waals surface area contributed by atoms with Crippen LogP contribution in [0.3, 0.4) is 0 Å². The standard InChI is InChI=1S/C19H21BrO/c20-14-19(15-21-13-16-7-2-1-3-8-16)12-6-10-17-9-4-5-11-18(17)19/h1-5,7-9,11H,6,10,12-15H2. The first-order valence-electron chi connectivity index (χ1n) is 7.60. The summed E-state index contributed by atoms with van der Waals surface area (Å²) in [5.41, 5.74) is 4.34. The average Bonchev–Trinajstić information content (AvgIpc) is 2.56. The molecule has 0 radical (unpaired) electrons. The maximum Gasteiger partial charge on any atom is 0.0717 e. The molecule has 1 nitrogen and oxygen atoms in total. The van der Waals surface area contributed by atoms with Crippen molar-refractivity contribution in [1.29, 1.82) is 0 Å². The van der Waals surface area contributed by atoms with Crippen LogP contribution >= 0.6 is 15.9 Å². The van der Waals surface area contributed by atoms with Crippen LogP contribution in [0.15, 0.2) is 54.6 Å². The van der Waals surface area contributed by atoms with E-state index in [1.165, 1.54) is 36.0 Å². The molecule has 1 atom stereocenters. The maximum absolute atomic E-state index is 6.08. The third-order valence-electron chi connectivity index (χ3n) is 4.44. The molecule has 0 saturated heterocycles. The molecule has 1 aliphatic carbocycles. The minimum atomic E-state index is 0.129. The van der Waals surface area contributed by atoms with E-state index in [1.807, 2.05) is 6.07 Å². The van der Waals surface area contributed by atoms with Crippen LogP contribution in [0.4, 0.5) is 0 Å². The van der Waals surface area contributed by atoms with Gasteiger partial charge < -0.3 is 4.74 Å². The van der Waals surface area contributed by atoms with E-state index in [0.29, 0.717) is 6.61 Å². The summed E-state index contributed by atoms with van der Waals surface area (Å²) < 4.78 is 6.08. The molecule has 3 rings (SSSR count). The van der Waals surface area contributed by atoms with Crippen molar-refractivity contribution in [3.63, 3.8) is 0 Å². The molecule has 21 heavy (non-hydrogen) atoms.